The van der Waals surface area contributed by atoms with Crippen LogP contribution in [0.15, 0.2) is 17.1 Å². The third kappa shape index (κ3) is 4.87. The summed E-state index contributed by atoms with van der Waals surface area (Å²) in [6.07, 6.45) is 0.908. The zero-order valence-electron chi connectivity index (χ0n) is 16.3. The molecule has 148 valence electrons. The Balaban J connectivity index is 2.21. The van der Waals surface area contributed by atoms with Crippen LogP contribution in [0.2, 0.25) is 0 Å². The average molecular weight is 379 g/mol. The third-order valence-electron chi connectivity index (χ3n) is 4.03. The Labute approximate surface area is 157 Å². The molecule has 2 rings (SSSR count). The van der Waals surface area contributed by atoms with Crippen molar-refractivity contribution in [2.45, 2.75) is 33.3 Å². The molecule has 0 atom stereocenters. The molecule has 1 fully saturated rings. The molecule has 1 aromatic heterocycles. The van der Waals surface area contributed by atoms with E-state index in [-0.39, 0.29) is 11.1 Å². The lowest BCUT2D eigenvalue weighted by Crippen LogP contribution is -2.56. The van der Waals surface area contributed by atoms with Crippen molar-refractivity contribution in [3.63, 3.8) is 0 Å². The summed E-state index contributed by atoms with van der Waals surface area (Å²) >= 11 is 0. The number of ether oxygens (including phenoxy) is 2. The number of esters is 1. The first kappa shape index (κ1) is 20.5. The Morgan fingerprint density at radius 3 is 2.11 bits per heavy atom. The second kappa shape index (κ2) is 7.81. The largest absolute Gasteiger partial charge is 0.465 e. The van der Waals surface area contributed by atoms with Crippen LogP contribution in [0.3, 0.4) is 0 Å². The Morgan fingerprint density at radius 2 is 1.63 bits per heavy atom. The van der Waals surface area contributed by atoms with Gasteiger partial charge in [-0.3, -0.25) is 9.59 Å². The van der Waals surface area contributed by atoms with E-state index in [0.717, 1.165) is 6.07 Å². The van der Waals surface area contributed by atoms with Gasteiger partial charge in [-0.15, -0.1) is 0 Å². The molecule has 0 saturated carbocycles. The van der Waals surface area contributed by atoms with Crippen LogP contribution >= 0.6 is 0 Å². The molecule has 0 aromatic carbocycles. The monoisotopic (exact) mass is 379 g/mol. The molecule has 1 aliphatic heterocycles. The van der Waals surface area contributed by atoms with Crippen molar-refractivity contribution in [1.82, 2.24) is 9.58 Å². The molecule has 27 heavy (non-hydrogen) atoms. The van der Waals surface area contributed by atoms with Gasteiger partial charge in [0, 0.05) is 30.9 Å². The Kier molecular flexibility index (Phi) is 5.92. The van der Waals surface area contributed by atoms with Gasteiger partial charge in [-0.05, 0) is 27.7 Å². The van der Waals surface area contributed by atoms with Gasteiger partial charge in [-0.25, -0.2) is 14.3 Å². The number of hydrogen-bond acceptors (Lipinski definition) is 7. The van der Waals surface area contributed by atoms with E-state index < -0.39 is 29.0 Å². The first-order chi connectivity index (χ1) is 12.5. The van der Waals surface area contributed by atoms with Gasteiger partial charge in [-0.2, -0.15) is 0 Å². The van der Waals surface area contributed by atoms with E-state index in [1.54, 1.807) is 30.7 Å². The summed E-state index contributed by atoms with van der Waals surface area (Å²) in [5, 5.41) is 1.71. The standard InChI is InChI=1S/C18H25N3O6/c1-12(22)13-10-15(23)21(11-14(13)16(24)26-5)20-8-6-19(7-9-20)17(25)27-18(2,3)4/h10-11H,6-9H2,1-5H3. The van der Waals surface area contributed by atoms with Crippen molar-refractivity contribution in [1.29, 1.82) is 0 Å². The van der Waals surface area contributed by atoms with E-state index >= 15 is 0 Å². The third-order valence-corrected chi connectivity index (χ3v) is 4.03. The maximum Gasteiger partial charge on any atom is 0.410 e. The van der Waals surface area contributed by atoms with Crippen molar-refractivity contribution in [3.05, 3.63) is 33.7 Å². The highest BCUT2D eigenvalue weighted by atomic mass is 16.6. The summed E-state index contributed by atoms with van der Waals surface area (Å²) in [4.78, 5) is 49.8. The summed E-state index contributed by atoms with van der Waals surface area (Å²) in [6, 6.07) is 1.13. The number of aromatic nitrogens is 1. The number of methoxy groups -OCH3 is 1. The molecule has 9 heteroatoms. The highest BCUT2D eigenvalue weighted by molar-refractivity contribution is 6.05. The predicted octanol–water partition coefficient (Wildman–Crippen LogP) is 1.03. The van der Waals surface area contributed by atoms with Crippen LogP contribution in [-0.4, -0.2) is 66.3 Å². The van der Waals surface area contributed by atoms with E-state index in [2.05, 4.69) is 0 Å². The summed E-state index contributed by atoms with van der Waals surface area (Å²) in [5.74, 6) is -1.09. The zero-order valence-corrected chi connectivity index (χ0v) is 16.3. The van der Waals surface area contributed by atoms with E-state index in [1.165, 1.54) is 24.9 Å². The molecule has 1 aliphatic rings. The topological polar surface area (TPSA) is 98.2 Å². The number of ketones is 1. The molecular weight excluding hydrogens is 354 g/mol. The van der Waals surface area contributed by atoms with Crippen LogP contribution in [0.5, 0.6) is 0 Å². The SMILES string of the molecule is COC(=O)c1cn(N2CCN(C(=O)OC(C)(C)C)CC2)c(=O)cc1C(C)=O. The smallest absolute Gasteiger partial charge is 0.410 e. The fourth-order valence-electron chi connectivity index (χ4n) is 2.73. The van der Waals surface area contributed by atoms with Crippen LogP contribution in [-0.2, 0) is 9.47 Å². The lowest BCUT2D eigenvalue weighted by Gasteiger charge is -2.37. The van der Waals surface area contributed by atoms with Gasteiger partial charge in [0.05, 0.1) is 25.8 Å². The van der Waals surface area contributed by atoms with Crippen LogP contribution in [0.1, 0.15) is 48.4 Å². The lowest BCUT2D eigenvalue weighted by molar-refractivity contribution is 0.0231. The van der Waals surface area contributed by atoms with Crippen molar-refractivity contribution >= 4 is 17.8 Å². The van der Waals surface area contributed by atoms with Crippen molar-refractivity contribution in [2.24, 2.45) is 0 Å². The summed E-state index contributed by atoms with van der Waals surface area (Å²) in [7, 11) is 1.21. The van der Waals surface area contributed by atoms with Gasteiger partial charge in [-0.1, -0.05) is 0 Å². The maximum absolute atomic E-state index is 12.4. The van der Waals surface area contributed by atoms with Gasteiger partial charge in [0.1, 0.15) is 5.60 Å². The fraction of sp³-hybridized carbons (Fsp3) is 0.556. The quantitative estimate of drug-likeness (QED) is 0.571. The molecule has 0 radical (unpaired) electrons. The highest BCUT2D eigenvalue weighted by Crippen LogP contribution is 2.13. The summed E-state index contributed by atoms with van der Waals surface area (Å²) in [6.45, 7) is 8.15. The van der Waals surface area contributed by atoms with E-state index in [1.807, 2.05) is 0 Å². The van der Waals surface area contributed by atoms with E-state index in [0.29, 0.717) is 26.2 Å². The zero-order chi connectivity index (χ0) is 20.4. The number of amides is 1. The molecule has 0 N–H and O–H groups in total. The molecule has 1 amide bonds. The molecule has 0 spiro atoms. The number of rotatable bonds is 3. The van der Waals surface area contributed by atoms with Gasteiger partial charge in [0.15, 0.2) is 5.78 Å². The summed E-state index contributed by atoms with van der Waals surface area (Å²) in [5.41, 5.74) is -0.962. The van der Waals surface area contributed by atoms with E-state index in [9.17, 15) is 19.2 Å². The van der Waals surface area contributed by atoms with Crippen molar-refractivity contribution in [3.8, 4) is 0 Å². The minimum atomic E-state index is -0.693. The number of nitrogens with zero attached hydrogens (tertiary/aromatic N) is 3. The molecule has 0 unspecified atom stereocenters. The average Bonchev–Trinajstić information content (AvgIpc) is 2.59. The van der Waals surface area contributed by atoms with Gasteiger partial charge in [0.2, 0.25) is 0 Å². The molecule has 1 saturated heterocycles. The Morgan fingerprint density at radius 1 is 1.04 bits per heavy atom. The second-order valence-electron chi connectivity index (χ2n) is 7.25. The minimum Gasteiger partial charge on any atom is -0.465 e. The number of pyridine rings is 1. The molecule has 0 aliphatic carbocycles. The molecular formula is C18H25N3O6. The van der Waals surface area contributed by atoms with Gasteiger partial charge in [0.25, 0.3) is 5.56 Å². The predicted molar refractivity (Wildman–Crippen MR) is 97.8 cm³/mol. The van der Waals surface area contributed by atoms with Crippen LogP contribution < -0.4 is 10.6 Å². The highest BCUT2D eigenvalue weighted by Gasteiger charge is 2.27. The normalized spacial score (nSPS) is 14.7. The fourth-order valence-corrected chi connectivity index (χ4v) is 2.73. The first-order valence-electron chi connectivity index (χ1n) is 8.62. The van der Waals surface area contributed by atoms with Crippen LogP contribution in [0.4, 0.5) is 4.79 Å². The Bertz CT molecular complexity index is 800. The first-order valence-corrected chi connectivity index (χ1v) is 8.62. The second-order valence-corrected chi connectivity index (χ2v) is 7.25. The van der Waals surface area contributed by atoms with Gasteiger partial charge < -0.3 is 19.4 Å². The number of piperazine rings is 1. The summed E-state index contributed by atoms with van der Waals surface area (Å²) < 4.78 is 11.3. The number of carbonyl (C=O) groups is 3. The molecule has 1 aromatic rings. The van der Waals surface area contributed by atoms with Gasteiger partial charge >= 0.3 is 12.1 Å². The number of carbonyl (C=O) groups excluding carboxylic acids is 3. The van der Waals surface area contributed by atoms with Crippen molar-refractivity contribution < 1.29 is 23.9 Å². The van der Waals surface area contributed by atoms with Crippen LogP contribution in [0.25, 0.3) is 0 Å². The minimum absolute atomic E-state index is 0.0236. The van der Waals surface area contributed by atoms with E-state index in [4.69, 9.17) is 9.47 Å². The number of hydrogen-bond donors (Lipinski definition) is 0. The van der Waals surface area contributed by atoms with Crippen LogP contribution in [0, 0.1) is 0 Å². The maximum atomic E-state index is 12.4. The Hall–Kier alpha value is -2.84. The molecule has 2 heterocycles. The number of Topliss-reactive ketones (excluding diaryl/α,β-unsaturated/α-hetero) is 1. The van der Waals surface area contributed by atoms with Crippen molar-refractivity contribution in [2.75, 3.05) is 38.3 Å². The lowest BCUT2D eigenvalue weighted by atomic mass is 10.1. The molecule has 0 bridgehead atoms. The molecule has 9 nitrogen and oxygen atoms in total.